The van der Waals surface area contributed by atoms with Crippen molar-refractivity contribution in [2.24, 2.45) is 0 Å². The highest BCUT2D eigenvalue weighted by Gasteiger charge is 2.34. The number of hydrogen-bond acceptors (Lipinski definition) is 5. The number of halogens is 1. The van der Waals surface area contributed by atoms with Crippen LogP contribution in [0.5, 0.6) is 11.5 Å². The van der Waals surface area contributed by atoms with E-state index in [-0.39, 0.29) is 11.1 Å². The van der Waals surface area contributed by atoms with Crippen molar-refractivity contribution in [3.8, 4) is 11.5 Å². The molecular formula is C20H18BrNO4S. The van der Waals surface area contributed by atoms with Gasteiger partial charge in [-0.2, -0.15) is 0 Å². The molecule has 1 fully saturated rings. The van der Waals surface area contributed by atoms with Crippen LogP contribution in [0.3, 0.4) is 0 Å². The lowest BCUT2D eigenvalue weighted by Crippen LogP contribution is -2.30. The number of carbonyl (C=O) groups is 2. The summed E-state index contributed by atoms with van der Waals surface area (Å²) in [7, 11) is 3.11. The topological polar surface area (TPSA) is 55.8 Å². The molecule has 1 aliphatic heterocycles. The Morgan fingerprint density at radius 1 is 1.07 bits per heavy atom. The normalized spacial score (nSPS) is 15.5. The summed E-state index contributed by atoms with van der Waals surface area (Å²) < 4.78 is 11.4. The van der Waals surface area contributed by atoms with Crippen LogP contribution >= 0.6 is 27.7 Å². The van der Waals surface area contributed by atoms with Crippen LogP contribution < -0.4 is 9.47 Å². The highest BCUT2D eigenvalue weighted by Crippen LogP contribution is 2.37. The van der Waals surface area contributed by atoms with Crippen LogP contribution in [0.1, 0.15) is 11.1 Å². The number of rotatable bonds is 6. The van der Waals surface area contributed by atoms with E-state index in [0.29, 0.717) is 34.9 Å². The Hall–Kier alpha value is -2.25. The summed E-state index contributed by atoms with van der Waals surface area (Å²) in [6.45, 7) is 0.357. The van der Waals surface area contributed by atoms with Gasteiger partial charge in [0.25, 0.3) is 11.1 Å². The lowest BCUT2D eigenvalue weighted by atomic mass is 10.1. The van der Waals surface area contributed by atoms with E-state index in [1.54, 1.807) is 32.4 Å². The van der Waals surface area contributed by atoms with Crippen molar-refractivity contribution in [2.45, 2.75) is 6.42 Å². The van der Waals surface area contributed by atoms with Crippen molar-refractivity contribution in [3.05, 3.63) is 63.0 Å². The first-order chi connectivity index (χ1) is 13.0. The van der Waals surface area contributed by atoms with E-state index in [4.69, 9.17) is 9.47 Å². The largest absolute Gasteiger partial charge is 0.496 e. The molecule has 0 aliphatic carbocycles. The molecule has 5 nitrogen and oxygen atoms in total. The molecule has 0 radical (unpaired) electrons. The van der Waals surface area contributed by atoms with Gasteiger partial charge in [-0.15, -0.1) is 0 Å². The highest BCUT2D eigenvalue weighted by molar-refractivity contribution is 9.10. The monoisotopic (exact) mass is 447 g/mol. The van der Waals surface area contributed by atoms with Crippen LogP contribution in [-0.2, 0) is 11.2 Å². The van der Waals surface area contributed by atoms with E-state index in [1.165, 1.54) is 4.90 Å². The van der Waals surface area contributed by atoms with Crippen molar-refractivity contribution >= 4 is 44.9 Å². The number of carbonyl (C=O) groups excluding carboxylic acids is 2. The number of hydrogen-bond donors (Lipinski definition) is 0. The summed E-state index contributed by atoms with van der Waals surface area (Å²) in [6.07, 6.45) is 2.31. The zero-order chi connectivity index (χ0) is 19.4. The third-order valence-corrected chi connectivity index (χ3v) is 5.66. The Morgan fingerprint density at radius 3 is 2.44 bits per heavy atom. The molecule has 2 amide bonds. The lowest BCUT2D eigenvalue weighted by Gasteiger charge is -2.12. The molecule has 27 heavy (non-hydrogen) atoms. The fourth-order valence-corrected chi connectivity index (χ4v) is 4.09. The van der Waals surface area contributed by atoms with E-state index < -0.39 is 0 Å². The average molecular weight is 448 g/mol. The first kappa shape index (κ1) is 19.5. The van der Waals surface area contributed by atoms with Gasteiger partial charge in [0.05, 0.1) is 23.6 Å². The predicted octanol–water partition coefficient (Wildman–Crippen LogP) is 4.75. The minimum absolute atomic E-state index is 0.256. The smallest absolute Gasteiger partial charge is 0.293 e. The Morgan fingerprint density at radius 2 is 1.78 bits per heavy atom. The molecule has 1 saturated heterocycles. The Balaban J connectivity index is 1.81. The molecule has 1 heterocycles. The van der Waals surface area contributed by atoms with Gasteiger partial charge in [-0.25, -0.2) is 0 Å². The molecule has 2 aromatic carbocycles. The maximum atomic E-state index is 12.7. The molecule has 3 rings (SSSR count). The maximum absolute atomic E-state index is 12.7. The molecule has 140 valence electrons. The van der Waals surface area contributed by atoms with E-state index in [2.05, 4.69) is 15.9 Å². The minimum Gasteiger partial charge on any atom is -0.496 e. The van der Waals surface area contributed by atoms with Gasteiger partial charge in [0, 0.05) is 18.2 Å². The predicted molar refractivity (Wildman–Crippen MR) is 110 cm³/mol. The van der Waals surface area contributed by atoms with E-state index in [1.807, 2.05) is 30.3 Å². The van der Waals surface area contributed by atoms with Gasteiger partial charge in [-0.1, -0.05) is 30.3 Å². The fourth-order valence-electron chi connectivity index (χ4n) is 2.72. The van der Waals surface area contributed by atoms with Crippen LogP contribution in [0.25, 0.3) is 6.08 Å². The van der Waals surface area contributed by atoms with Crippen LogP contribution in [0, 0.1) is 0 Å². The highest BCUT2D eigenvalue weighted by atomic mass is 79.9. The number of thioether (sulfide) groups is 1. The Bertz CT molecular complexity index is 898. The third-order valence-electron chi connectivity index (χ3n) is 4.13. The van der Waals surface area contributed by atoms with Gasteiger partial charge in [-0.05, 0) is 51.8 Å². The van der Waals surface area contributed by atoms with Crippen molar-refractivity contribution < 1.29 is 19.1 Å². The summed E-state index contributed by atoms with van der Waals surface area (Å²) in [5, 5.41) is -0.256. The van der Waals surface area contributed by atoms with Crippen LogP contribution in [0.2, 0.25) is 0 Å². The number of ether oxygens (including phenoxy) is 2. The molecule has 7 heteroatoms. The zero-order valence-electron chi connectivity index (χ0n) is 14.9. The van der Waals surface area contributed by atoms with Crippen LogP contribution in [0.15, 0.2) is 51.8 Å². The number of imide groups is 1. The third kappa shape index (κ3) is 4.36. The summed E-state index contributed by atoms with van der Waals surface area (Å²) in [5.74, 6) is 0.904. The standard InChI is InChI=1S/C20H18BrNO4S/c1-25-16-12-17(26-2)15(21)10-14(16)11-18-19(23)22(20(24)27-18)9-8-13-6-4-3-5-7-13/h3-7,10-12H,8-9H2,1-2H3/b18-11-. The molecule has 1 aliphatic rings. The molecule has 0 saturated carbocycles. The quantitative estimate of drug-likeness (QED) is 0.598. The number of methoxy groups -OCH3 is 2. The second-order valence-corrected chi connectivity index (χ2v) is 7.65. The first-order valence-corrected chi connectivity index (χ1v) is 9.85. The van der Waals surface area contributed by atoms with Gasteiger partial charge < -0.3 is 9.47 Å². The summed E-state index contributed by atoms with van der Waals surface area (Å²) in [4.78, 5) is 26.6. The lowest BCUT2D eigenvalue weighted by molar-refractivity contribution is -0.122. The molecule has 0 atom stereocenters. The van der Waals surface area contributed by atoms with Gasteiger partial charge in [0.15, 0.2) is 0 Å². The summed E-state index contributed by atoms with van der Waals surface area (Å²) in [6, 6.07) is 13.3. The summed E-state index contributed by atoms with van der Waals surface area (Å²) >= 11 is 4.37. The van der Waals surface area contributed by atoms with Gasteiger partial charge in [0.1, 0.15) is 11.5 Å². The zero-order valence-corrected chi connectivity index (χ0v) is 17.3. The second-order valence-electron chi connectivity index (χ2n) is 5.80. The Labute approximate surface area is 170 Å². The van der Waals surface area contributed by atoms with E-state index >= 15 is 0 Å². The van der Waals surface area contributed by atoms with E-state index in [0.717, 1.165) is 21.8 Å². The Kier molecular flexibility index (Phi) is 6.23. The average Bonchev–Trinajstić information content (AvgIpc) is 2.94. The first-order valence-electron chi connectivity index (χ1n) is 8.24. The fraction of sp³-hybridized carbons (Fsp3) is 0.200. The van der Waals surface area contributed by atoms with Crippen LogP contribution in [-0.4, -0.2) is 36.8 Å². The molecular weight excluding hydrogens is 430 g/mol. The minimum atomic E-state index is -0.282. The van der Waals surface area contributed by atoms with Crippen molar-refractivity contribution in [1.29, 1.82) is 0 Å². The van der Waals surface area contributed by atoms with Crippen LogP contribution in [0.4, 0.5) is 4.79 Å². The molecule has 0 spiro atoms. The second kappa shape index (κ2) is 8.63. The number of amides is 2. The van der Waals surface area contributed by atoms with Gasteiger partial charge >= 0.3 is 0 Å². The van der Waals surface area contributed by atoms with Crippen molar-refractivity contribution in [2.75, 3.05) is 20.8 Å². The number of nitrogens with zero attached hydrogens (tertiary/aromatic N) is 1. The maximum Gasteiger partial charge on any atom is 0.293 e. The van der Waals surface area contributed by atoms with Crippen molar-refractivity contribution in [3.63, 3.8) is 0 Å². The molecule has 0 N–H and O–H groups in total. The summed E-state index contributed by atoms with van der Waals surface area (Å²) in [5.41, 5.74) is 1.78. The van der Waals surface area contributed by atoms with E-state index in [9.17, 15) is 9.59 Å². The van der Waals surface area contributed by atoms with Crippen molar-refractivity contribution in [1.82, 2.24) is 4.90 Å². The number of benzene rings is 2. The van der Waals surface area contributed by atoms with Gasteiger partial charge in [-0.3, -0.25) is 14.5 Å². The SMILES string of the molecule is COc1cc(OC)c(/C=C2\SC(=O)N(CCc3ccccc3)C2=O)cc1Br. The molecule has 0 unspecified atom stereocenters. The molecule has 0 bridgehead atoms. The molecule has 0 aromatic heterocycles. The van der Waals surface area contributed by atoms with Gasteiger partial charge in [0.2, 0.25) is 0 Å². The molecule has 2 aromatic rings.